The summed E-state index contributed by atoms with van der Waals surface area (Å²) in [4.78, 5) is 0. The van der Waals surface area contributed by atoms with Crippen molar-refractivity contribution in [3.8, 4) is 0 Å². The molecule has 2 atom stereocenters. The van der Waals surface area contributed by atoms with Gasteiger partial charge >= 0.3 is 0 Å². The summed E-state index contributed by atoms with van der Waals surface area (Å²) < 4.78 is 6.13. The zero-order valence-electron chi connectivity index (χ0n) is 13.9. The van der Waals surface area contributed by atoms with Gasteiger partial charge in [-0.15, -0.1) is 6.58 Å². The van der Waals surface area contributed by atoms with Gasteiger partial charge in [0.25, 0.3) is 0 Å². The van der Waals surface area contributed by atoms with E-state index in [0.29, 0.717) is 12.5 Å². The van der Waals surface area contributed by atoms with Crippen LogP contribution < -0.4 is 0 Å². The summed E-state index contributed by atoms with van der Waals surface area (Å²) in [5.41, 5.74) is 5.12. The molecule has 2 aromatic carbocycles. The second-order valence-electron chi connectivity index (χ2n) is 6.41. The molecule has 1 aliphatic heterocycles. The normalized spacial score (nSPS) is 20.7. The largest absolute Gasteiger partial charge is 0.373 e. The SMILES string of the molecule is C=C[C@@H]1C(=C(c2ccccc2)c2ccccc2)CO[C@H]1C(C)C. The molecule has 0 bridgehead atoms. The van der Waals surface area contributed by atoms with E-state index in [4.69, 9.17) is 4.74 Å². The molecule has 0 amide bonds. The summed E-state index contributed by atoms with van der Waals surface area (Å²) in [7, 11) is 0. The predicted molar refractivity (Wildman–Crippen MR) is 97.2 cm³/mol. The molecule has 1 heteroatoms. The highest BCUT2D eigenvalue weighted by Gasteiger charge is 2.34. The Labute approximate surface area is 139 Å². The lowest BCUT2D eigenvalue weighted by Gasteiger charge is -2.21. The monoisotopic (exact) mass is 304 g/mol. The molecule has 0 aliphatic carbocycles. The Hall–Kier alpha value is -2.12. The van der Waals surface area contributed by atoms with Gasteiger partial charge in [-0.25, -0.2) is 0 Å². The summed E-state index contributed by atoms with van der Waals surface area (Å²) >= 11 is 0. The van der Waals surface area contributed by atoms with Gasteiger partial charge in [0.15, 0.2) is 0 Å². The van der Waals surface area contributed by atoms with E-state index in [2.05, 4.69) is 87.2 Å². The van der Waals surface area contributed by atoms with Gasteiger partial charge in [0.1, 0.15) is 0 Å². The molecule has 0 N–H and O–H groups in total. The summed E-state index contributed by atoms with van der Waals surface area (Å²) in [6.07, 6.45) is 2.27. The van der Waals surface area contributed by atoms with E-state index >= 15 is 0 Å². The molecule has 3 rings (SSSR count). The van der Waals surface area contributed by atoms with Crippen molar-refractivity contribution in [3.63, 3.8) is 0 Å². The van der Waals surface area contributed by atoms with E-state index in [-0.39, 0.29) is 12.0 Å². The average Bonchev–Trinajstić information content (AvgIpc) is 3.01. The Bertz CT molecular complexity index is 641. The second-order valence-corrected chi connectivity index (χ2v) is 6.41. The van der Waals surface area contributed by atoms with Gasteiger partial charge in [0.05, 0.1) is 12.7 Å². The average molecular weight is 304 g/mol. The van der Waals surface area contributed by atoms with E-state index in [1.165, 1.54) is 22.3 Å². The van der Waals surface area contributed by atoms with Crippen molar-refractivity contribution in [1.82, 2.24) is 0 Å². The van der Waals surface area contributed by atoms with Crippen molar-refractivity contribution in [2.24, 2.45) is 11.8 Å². The van der Waals surface area contributed by atoms with E-state index in [1.807, 2.05) is 0 Å². The zero-order valence-corrected chi connectivity index (χ0v) is 13.9. The van der Waals surface area contributed by atoms with Crippen LogP contribution in [-0.2, 0) is 4.74 Å². The van der Waals surface area contributed by atoms with Crippen LogP contribution in [-0.4, -0.2) is 12.7 Å². The maximum absolute atomic E-state index is 6.13. The quantitative estimate of drug-likeness (QED) is 0.692. The standard InChI is InChI=1S/C22H24O/c1-4-19-20(15-23-22(19)16(2)3)21(17-11-7-5-8-12-17)18-13-9-6-10-14-18/h4-14,16,19,22H,1,15H2,2-3H3/t19-,22+/m1/s1. The fourth-order valence-corrected chi connectivity index (χ4v) is 3.45. The predicted octanol–water partition coefficient (Wildman–Crippen LogP) is 5.35. The number of ether oxygens (including phenoxy) is 1. The first-order chi connectivity index (χ1) is 11.2. The highest BCUT2D eigenvalue weighted by atomic mass is 16.5. The minimum atomic E-state index is 0.213. The third-order valence-electron chi connectivity index (χ3n) is 4.54. The van der Waals surface area contributed by atoms with Crippen LogP contribution in [0.25, 0.3) is 5.57 Å². The summed E-state index contributed by atoms with van der Waals surface area (Å²) in [5.74, 6) is 0.744. The molecule has 23 heavy (non-hydrogen) atoms. The van der Waals surface area contributed by atoms with E-state index in [0.717, 1.165) is 0 Å². The highest BCUT2D eigenvalue weighted by Crippen LogP contribution is 2.39. The van der Waals surface area contributed by atoms with Crippen molar-refractivity contribution < 1.29 is 4.74 Å². The molecule has 0 spiro atoms. The van der Waals surface area contributed by atoms with Gasteiger partial charge < -0.3 is 4.74 Å². The van der Waals surface area contributed by atoms with Crippen LogP contribution in [0.4, 0.5) is 0 Å². The molecule has 0 saturated carbocycles. The van der Waals surface area contributed by atoms with Crippen LogP contribution in [0.3, 0.4) is 0 Å². The van der Waals surface area contributed by atoms with Crippen LogP contribution in [0.2, 0.25) is 0 Å². The minimum Gasteiger partial charge on any atom is -0.373 e. The van der Waals surface area contributed by atoms with Gasteiger partial charge in [-0.3, -0.25) is 0 Å². The molecule has 2 aromatic rings. The van der Waals surface area contributed by atoms with Crippen molar-refractivity contribution >= 4 is 5.57 Å². The first-order valence-electron chi connectivity index (χ1n) is 8.30. The van der Waals surface area contributed by atoms with Crippen LogP contribution in [0, 0.1) is 11.8 Å². The van der Waals surface area contributed by atoms with Gasteiger partial charge in [0, 0.05) is 5.92 Å². The first kappa shape index (κ1) is 15.8. The molecule has 0 unspecified atom stereocenters. The first-order valence-corrected chi connectivity index (χ1v) is 8.30. The Morgan fingerprint density at radius 2 is 1.52 bits per heavy atom. The molecule has 118 valence electrons. The third-order valence-corrected chi connectivity index (χ3v) is 4.54. The van der Waals surface area contributed by atoms with Crippen molar-refractivity contribution in [3.05, 3.63) is 90.0 Å². The fourth-order valence-electron chi connectivity index (χ4n) is 3.45. The maximum Gasteiger partial charge on any atom is 0.0703 e. The number of rotatable bonds is 4. The smallest absolute Gasteiger partial charge is 0.0703 e. The van der Waals surface area contributed by atoms with E-state index in [9.17, 15) is 0 Å². The van der Waals surface area contributed by atoms with Crippen LogP contribution >= 0.6 is 0 Å². The lowest BCUT2D eigenvalue weighted by Crippen LogP contribution is -2.21. The maximum atomic E-state index is 6.13. The van der Waals surface area contributed by atoms with Crippen LogP contribution in [0.5, 0.6) is 0 Å². The van der Waals surface area contributed by atoms with Crippen molar-refractivity contribution in [2.45, 2.75) is 20.0 Å². The molecule has 1 saturated heterocycles. The number of hydrogen-bond acceptors (Lipinski definition) is 1. The minimum absolute atomic E-state index is 0.213. The Morgan fingerprint density at radius 3 is 1.96 bits per heavy atom. The molecule has 1 heterocycles. The molecule has 0 aromatic heterocycles. The molecule has 0 radical (unpaired) electrons. The molecule has 1 fully saturated rings. The second kappa shape index (κ2) is 6.97. The van der Waals surface area contributed by atoms with Gasteiger partial charge in [-0.2, -0.15) is 0 Å². The Morgan fingerprint density at radius 1 is 1.00 bits per heavy atom. The Balaban J connectivity index is 2.17. The number of hydrogen-bond donors (Lipinski definition) is 0. The van der Waals surface area contributed by atoms with Crippen molar-refractivity contribution in [1.29, 1.82) is 0 Å². The van der Waals surface area contributed by atoms with Crippen LogP contribution in [0.1, 0.15) is 25.0 Å². The van der Waals surface area contributed by atoms with Gasteiger partial charge in [0.2, 0.25) is 0 Å². The van der Waals surface area contributed by atoms with Crippen molar-refractivity contribution in [2.75, 3.05) is 6.61 Å². The van der Waals surface area contributed by atoms with E-state index in [1.54, 1.807) is 0 Å². The van der Waals surface area contributed by atoms with Gasteiger partial charge in [-0.05, 0) is 28.2 Å². The van der Waals surface area contributed by atoms with E-state index < -0.39 is 0 Å². The molecular weight excluding hydrogens is 280 g/mol. The molecule has 1 nitrogen and oxygen atoms in total. The zero-order chi connectivity index (χ0) is 16.2. The van der Waals surface area contributed by atoms with Crippen LogP contribution in [0.15, 0.2) is 78.9 Å². The summed E-state index contributed by atoms with van der Waals surface area (Å²) in [6, 6.07) is 21.2. The lowest BCUT2D eigenvalue weighted by molar-refractivity contribution is 0.0634. The molecule has 1 aliphatic rings. The third kappa shape index (κ3) is 3.16. The highest BCUT2D eigenvalue weighted by molar-refractivity contribution is 5.83. The van der Waals surface area contributed by atoms with Gasteiger partial charge in [-0.1, -0.05) is 80.6 Å². The number of benzene rings is 2. The summed E-state index contributed by atoms with van der Waals surface area (Å²) in [5, 5.41) is 0. The fraction of sp³-hybridized carbons (Fsp3) is 0.273. The Kier molecular flexibility index (Phi) is 4.78. The lowest BCUT2D eigenvalue weighted by atomic mass is 9.83. The molecular formula is C22H24O. The summed E-state index contributed by atoms with van der Waals surface area (Å²) in [6.45, 7) is 9.19. The topological polar surface area (TPSA) is 9.23 Å².